The molecule has 1 nitrogen and oxygen atoms in total. The van der Waals surface area contributed by atoms with Gasteiger partial charge in [0.2, 0.25) is 0 Å². The van der Waals surface area contributed by atoms with Gasteiger partial charge in [0.05, 0.1) is 0 Å². The average Bonchev–Trinajstić information content (AvgIpc) is 2.36. The van der Waals surface area contributed by atoms with Gasteiger partial charge in [-0.15, -0.1) is 0 Å². The quantitative estimate of drug-likeness (QED) is 0.656. The van der Waals surface area contributed by atoms with E-state index in [4.69, 9.17) is 4.74 Å². The van der Waals surface area contributed by atoms with Crippen LogP contribution in [0.1, 0.15) is 39.7 Å². The van der Waals surface area contributed by atoms with Crippen LogP contribution in [-0.4, -0.2) is 6.18 Å². The van der Waals surface area contributed by atoms with Crippen molar-refractivity contribution in [1.82, 2.24) is 0 Å². The van der Waals surface area contributed by atoms with Crippen LogP contribution >= 0.6 is 0 Å². The number of allylic oxidation sites excluding steroid dienone is 1. The van der Waals surface area contributed by atoms with Crippen LogP contribution in [0, 0.1) is 5.41 Å². The number of alkyl halides is 3. The van der Waals surface area contributed by atoms with Crippen LogP contribution in [0.2, 0.25) is 0 Å². The molecule has 1 rings (SSSR count). The van der Waals surface area contributed by atoms with E-state index in [1.165, 1.54) is 6.92 Å². The van der Waals surface area contributed by atoms with Crippen LogP contribution in [0.15, 0.2) is 42.7 Å². The molecule has 1 unspecified atom stereocenters. The smallest absolute Gasteiger partial charge is 0.401 e. The molecule has 0 fully saturated rings. The van der Waals surface area contributed by atoms with Crippen molar-refractivity contribution < 1.29 is 17.9 Å². The van der Waals surface area contributed by atoms with Gasteiger partial charge in [-0.05, 0) is 32.8 Å². The Hall–Kier alpha value is -1.45. The molecule has 0 aliphatic rings. The Balaban J connectivity index is 3.00. The van der Waals surface area contributed by atoms with Crippen molar-refractivity contribution >= 4 is 0 Å². The molecule has 0 saturated heterocycles. The van der Waals surface area contributed by atoms with Crippen LogP contribution in [0.5, 0.6) is 0 Å². The molecule has 0 spiro atoms. The summed E-state index contributed by atoms with van der Waals surface area (Å²) in [6.45, 7) is 9.61. The summed E-state index contributed by atoms with van der Waals surface area (Å²) in [5.41, 5.74) is -2.10. The molecule has 0 saturated carbocycles. The molecule has 0 aromatic heterocycles. The normalized spacial score (nSPS) is 15.6. The molecule has 4 heteroatoms. The Morgan fingerprint density at radius 3 is 2.00 bits per heavy atom. The van der Waals surface area contributed by atoms with E-state index >= 15 is 0 Å². The first-order chi connectivity index (χ1) is 9.04. The van der Waals surface area contributed by atoms with Gasteiger partial charge in [-0.2, -0.15) is 13.2 Å². The molecule has 0 heterocycles. The molecule has 1 atom stereocenters. The minimum atomic E-state index is -4.38. The summed E-state index contributed by atoms with van der Waals surface area (Å²) in [6, 6.07) is 9.15. The molecule has 1 aromatic rings. The highest BCUT2D eigenvalue weighted by Gasteiger charge is 2.53. The lowest BCUT2D eigenvalue weighted by atomic mass is 9.84. The maximum Gasteiger partial charge on any atom is 0.401 e. The van der Waals surface area contributed by atoms with Crippen molar-refractivity contribution in [2.24, 2.45) is 5.41 Å². The first-order valence-corrected chi connectivity index (χ1v) is 6.55. The van der Waals surface area contributed by atoms with E-state index in [0.29, 0.717) is 0 Å². The highest BCUT2D eigenvalue weighted by Crippen LogP contribution is 2.48. The summed E-state index contributed by atoms with van der Waals surface area (Å²) < 4.78 is 45.2. The van der Waals surface area contributed by atoms with Gasteiger partial charge in [0.1, 0.15) is 16.8 Å². The summed E-state index contributed by atoms with van der Waals surface area (Å²) in [6.07, 6.45) is -4.49. The summed E-state index contributed by atoms with van der Waals surface area (Å²) in [7, 11) is 0. The van der Waals surface area contributed by atoms with Gasteiger partial charge in [-0.3, -0.25) is 0 Å². The van der Waals surface area contributed by atoms with Gasteiger partial charge in [-0.1, -0.05) is 43.8 Å². The highest BCUT2D eigenvalue weighted by atomic mass is 19.4. The van der Waals surface area contributed by atoms with E-state index in [1.807, 2.05) is 30.3 Å². The van der Waals surface area contributed by atoms with E-state index in [1.54, 1.807) is 13.8 Å². The van der Waals surface area contributed by atoms with Crippen LogP contribution in [-0.2, 0) is 10.3 Å². The van der Waals surface area contributed by atoms with E-state index in [2.05, 4.69) is 6.58 Å². The van der Waals surface area contributed by atoms with Gasteiger partial charge < -0.3 is 4.74 Å². The van der Waals surface area contributed by atoms with Gasteiger partial charge in [0.25, 0.3) is 0 Å². The van der Waals surface area contributed by atoms with Crippen molar-refractivity contribution in [2.45, 2.75) is 45.9 Å². The summed E-state index contributed by atoms with van der Waals surface area (Å²) in [5, 5.41) is 0. The van der Waals surface area contributed by atoms with E-state index in [0.717, 1.165) is 12.5 Å². The van der Waals surface area contributed by atoms with Crippen molar-refractivity contribution in [3.05, 3.63) is 48.2 Å². The third kappa shape index (κ3) is 3.17. The van der Waals surface area contributed by atoms with E-state index < -0.39 is 17.2 Å². The molecule has 0 aliphatic heterocycles. The Morgan fingerprint density at radius 1 is 1.10 bits per heavy atom. The fraction of sp³-hybridized carbons (Fsp3) is 0.500. The van der Waals surface area contributed by atoms with Gasteiger partial charge >= 0.3 is 6.18 Å². The van der Waals surface area contributed by atoms with Crippen LogP contribution in [0.3, 0.4) is 0 Å². The second-order valence-corrected chi connectivity index (χ2v) is 5.58. The Kier molecular flexibility index (Phi) is 4.57. The van der Waals surface area contributed by atoms with E-state index in [9.17, 15) is 13.2 Å². The topological polar surface area (TPSA) is 9.23 Å². The Morgan fingerprint density at radius 2 is 1.60 bits per heavy atom. The lowest BCUT2D eigenvalue weighted by Gasteiger charge is -2.37. The van der Waals surface area contributed by atoms with Gasteiger partial charge in [-0.25, -0.2) is 0 Å². The van der Waals surface area contributed by atoms with Crippen molar-refractivity contribution in [3.8, 4) is 0 Å². The van der Waals surface area contributed by atoms with Crippen LogP contribution in [0.4, 0.5) is 13.2 Å². The number of rotatable bonds is 5. The Bertz CT molecular complexity index is 462. The molecule has 0 radical (unpaired) electrons. The first kappa shape index (κ1) is 16.6. The average molecular weight is 286 g/mol. The standard InChI is InChI=1S/C16H21F3O/c1-6-15(5,16(17,18)19)12(2)20-14(3,4)13-10-8-7-9-11-13/h7-11H,2,6H2,1,3-5H3. The fourth-order valence-corrected chi connectivity index (χ4v) is 1.87. The number of hydrogen-bond donors (Lipinski definition) is 0. The zero-order valence-corrected chi connectivity index (χ0v) is 12.3. The lowest BCUT2D eigenvalue weighted by Crippen LogP contribution is -2.39. The van der Waals surface area contributed by atoms with Gasteiger partial charge in [0, 0.05) is 0 Å². The first-order valence-electron chi connectivity index (χ1n) is 6.55. The number of ether oxygens (including phenoxy) is 1. The molecule has 0 amide bonds. The molecule has 0 aliphatic carbocycles. The zero-order valence-electron chi connectivity index (χ0n) is 12.3. The molecular formula is C16H21F3O. The summed E-state index contributed by atoms with van der Waals surface area (Å²) >= 11 is 0. The van der Waals surface area contributed by atoms with Crippen LogP contribution in [0.25, 0.3) is 0 Å². The molecule has 1 aromatic carbocycles. The van der Waals surface area contributed by atoms with Crippen LogP contribution < -0.4 is 0 Å². The summed E-state index contributed by atoms with van der Waals surface area (Å²) in [4.78, 5) is 0. The molecule has 20 heavy (non-hydrogen) atoms. The third-order valence-electron chi connectivity index (χ3n) is 3.80. The van der Waals surface area contributed by atoms with Crippen molar-refractivity contribution in [2.75, 3.05) is 0 Å². The predicted molar refractivity (Wildman–Crippen MR) is 74.1 cm³/mol. The maximum absolute atomic E-state index is 13.2. The summed E-state index contributed by atoms with van der Waals surface area (Å²) in [5.74, 6) is -0.249. The zero-order chi connectivity index (χ0) is 15.6. The number of benzene rings is 1. The van der Waals surface area contributed by atoms with Crippen molar-refractivity contribution in [1.29, 1.82) is 0 Å². The van der Waals surface area contributed by atoms with Gasteiger partial charge in [0.15, 0.2) is 0 Å². The number of halogens is 3. The fourth-order valence-electron chi connectivity index (χ4n) is 1.87. The maximum atomic E-state index is 13.2. The molecule has 0 N–H and O–H groups in total. The molecule has 112 valence electrons. The SMILES string of the molecule is C=C(OC(C)(C)c1ccccc1)C(C)(CC)C(F)(F)F. The number of hydrogen-bond acceptors (Lipinski definition) is 1. The molecular weight excluding hydrogens is 265 g/mol. The highest BCUT2D eigenvalue weighted by molar-refractivity contribution is 5.22. The third-order valence-corrected chi connectivity index (χ3v) is 3.80. The van der Waals surface area contributed by atoms with E-state index in [-0.39, 0.29) is 12.2 Å². The second-order valence-electron chi connectivity index (χ2n) is 5.58. The minimum absolute atomic E-state index is 0.111. The predicted octanol–water partition coefficient (Wildman–Crippen LogP) is 5.43. The molecule has 0 bridgehead atoms. The Labute approximate surface area is 118 Å². The monoisotopic (exact) mass is 286 g/mol. The largest absolute Gasteiger partial charge is 0.487 e. The lowest BCUT2D eigenvalue weighted by molar-refractivity contribution is -0.222. The van der Waals surface area contributed by atoms with Crippen molar-refractivity contribution in [3.63, 3.8) is 0 Å². The minimum Gasteiger partial charge on any atom is -0.487 e. The second kappa shape index (κ2) is 5.51.